The Morgan fingerprint density at radius 3 is 2.47 bits per heavy atom. The van der Waals surface area contributed by atoms with Crippen LogP contribution in [0.15, 0.2) is 0 Å². The van der Waals surface area contributed by atoms with Gasteiger partial charge in [-0.1, -0.05) is 13.8 Å². The number of nitrogens with one attached hydrogen (secondary N) is 2. The van der Waals surface area contributed by atoms with E-state index in [1.165, 1.54) is 0 Å². The van der Waals surface area contributed by atoms with Gasteiger partial charge in [0.1, 0.15) is 0 Å². The zero-order valence-electron chi connectivity index (χ0n) is 11.0. The summed E-state index contributed by atoms with van der Waals surface area (Å²) in [7, 11) is -3.09. The number of rotatable bonds is 9. The normalized spacial score (nSPS) is 18.6. The van der Waals surface area contributed by atoms with E-state index in [2.05, 4.69) is 23.9 Å². The lowest BCUT2D eigenvalue weighted by Gasteiger charge is -2.13. The van der Waals surface area contributed by atoms with Crippen LogP contribution in [-0.4, -0.2) is 44.3 Å². The third kappa shape index (κ3) is 6.08. The van der Waals surface area contributed by atoms with E-state index in [1.807, 2.05) is 6.26 Å². The lowest BCUT2D eigenvalue weighted by Crippen LogP contribution is -2.34. The van der Waals surface area contributed by atoms with Crippen LogP contribution in [0.4, 0.5) is 0 Å². The lowest BCUT2D eigenvalue weighted by molar-refractivity contribution is 0.560. The van der Waals surface area contributed by atoms with Crippen molar-refractivity contribution in [2.75, 3.05) is 25.1 Å². The van der Waals surface area contributed by atoms with Crippen LogP contribution in [0.5, 0.6) is 0 Å². The van der Waals surface area contributed by atoms with Crippen LogP contribution in [0.1, 0.15) is 33.1 Å². The molecule has 6 heteroatoms. The fraction of sp³-hybridized carbons (Fsp3) is 1.00. The Bertz CT molecular complexity index is 324. The molecule has 0 aromatic rings. The van der Waals surface area contributed by atoms with Crippen molar-refractivity contribution in [3.63, 3.8) is 0 Å². The molecule has 1 aliphatic rings. The van der Waals surface area contributed by atoms with Gasteiger partial charge in [0, 0.05) is 17.3 Å². The average Bonchev–Trinajstić information content (AvgIpc) is 3.03. The van der Waals surface area contributed by atoms with Gasteiger partial charge >= 0.3 is 0 Å². The summed E-state index contributed by atoms with van der Waals surface area (Å²) in [4.78, 5) is 0. The summed E-state index contributed by atoms with van der Waals surface area (Å²) in [6, 6.07) is 0.414. The Hall–Kier alpha value is 0.220. The lowest BCUT2D eigenvalue weighted by atomic mass is 10.4. The van der Waals surface area contributed by atoms with Gasteiger partial charge in [0.25, 0.3) is 0 Å². The van der Waals surface area contributed by atoms with Gasteiger partial charge in [0.2, 0.25) is 10.0 Å². The summed E-state index contributed by atoms with van der Waals surface area (Å²) < 4.78 is 26.4. The van der Waals surface area contributed by atoms with Gasteiger partial charge in [-0.3, -0.25) is 0 Å². The van der Waals surface area contributed by atoms with Crippen LogP contribution in [0.3, 0.4) is 0 Å². The molecule has 0 aromatic heterocycles. The second-order valence-electron chi connectivity index (χ2n) is 4.99. The summed E-state index contributed by atoms with van der Waals surface area (Å²) >= 11 is 1.77. The first kappa shape index (κ1) is 15.3. The van der Waals surface area contributed by atoms with Crippen LogP contribution in [0.2, 0.25) is 0 Å². The van der Waals surface area contributed by atoms with Crippen molar-refractivity contribution in [2.45, 2.75) is 43.9 Å². The highest BCUT2D eigenvalue weighted by Crippen LogP contribution is 2.46. The minimum Gasteiger partial charge on any atom is -0.314 e. The van der Waals surface area contributed by atoms with Crippen molar-refractivity contribution in [3.05, 3.63) is 0 Å². The number of thioether (sulfide) groups is 1. The summed E-state index contributed by atoms with van der Waals surface area (Å²) in [5.41, 5.74) is 0. The van der Waals surface area contributed by atoms with Gasteiger partial charge in [-0.2, -0.15) is 11.8 Å². The maximum atomic E-state index is 11.7. The van der Waals surface area contributed by atoms with Crippen LogP contribution in [0, 0.1) is 0 Å². The van der Waals surface area contributed by atoms with Gasteiger partial charge in [-0.05, 0) is 32.1 Å². The molecular weight excluding hydrogens is 256 g/mol. The van der Waals surface area contributed by atoms with Crippen molar-refractivity contribution >= 4 is 21.8 Å². The predicted octanol–water partition coefficient (Wildman–Crippen LogP) is 1.19. The van der Waals surface area contributed by atoms with Gasteiger partial charge in [0.05, 0.1) is 5.75 Å². The number of sulfonamides is 1. The molecule has 17 heavy (non-hydrogen) atoms. The zero-order valence-corrected chi connectivity index (χ0v) is 12.6. The van der Waals surface area contributed by atoms with Crippen molar-refractivity contribution in [3.8, 4) is 0 Å². The highest BCUT2D eigenvalue weighted by molar-refractivity contribution is 8.00. The summed E-state index contributed by atoms with van der Waals surface area (Å²) in [5.74, 6) is 0.219. The molecule has 0 atom stereocenters. The molecule has 1 rings (SSSR count). The first-order valence-corrected chi connectivity index (χ1v) is 9.03. The van der Waals surface area contributed by atoms with E-state index >= 15 is 0 Å². The Morgan fingerprint density at radius 1 is 1.35 bits per heavy atom. The van der Waals surface area contributed by atoms with Crippen LogP contribution in [-0.2, 0) is 10.0 Å². The molecule has 0 heterocycles. The fourth-order valence-electron chi connectivity index (χ4n) is 1.56. The zero-order chi connectivity index (χ0) is 12.9. The van der Waals surface area contributed by atoms with Crippen LogP contribution >= 0.6 is 11.8 Å². The van der Waals surface area contributed by atoms with Gasteiger partial charge in [-0.15, -0.1) is 0 Å². The molecule has 0 saturated heterocycles. The number of hydrogen-bond donors (Lipinski definition) is 2. The van der Waals surface area contributed by atoms with Crippen molar-refractivity contribution in [1.82, 2.24) is 10.0 Å². The third-order valence-corrected chi connectivity index (χ3v) is 5.83. The molecule has 2 N–H and O–H groups in total. The van der Waals surface area contributed by atoms with E-state index in [4.69, 9.17) is 0 Å². The van der Waals surface area contributed by atoms with Gasteiger partial charge < -0.3 is 5.32 Å². The monoisotopic (exact) mass is 280 g/mol. The first-order chi connectivity index (χ1) is 7.89. The summed E-state index contributed by atoms with van der Waals surface area (Å²) in [6.07, 6.45) is 4.98. The maximum Gasteiger partial charge on any atom is 0.211 e. The minimum absolute atomic E-state index is 0.198. The quantitative estimate of drug-likeness (QED) is 0.623. The van der Waals surface area contributed by atoms with Crippen molar-refractivity contribution in [2.24, 2.45) is 0 Å². The van der Waals surface area contributed by atoms with Crippen LogP contribution in [0.25, 0.3) is 0 Å². The van der Waals surface area contributed by atoms with E-state index in [1.54, 1.807) is 11.8 Å². The molecule has 0 spiro atoms. The molecule has 1 fully saturated rings. The van der Waals surface area contributed by atoms with Crippen LogP contribution < -0.4 is 10.0 Å². The largest absolute Gasteiger partial charge is 0.314 e. The molecule has 0 aromatic carbocycles. The molecule has 1 saturated carbocycles. The molecule has 0 radical (unpaired) electrons. The average molecular weight is 280 g/mol. The van der Waals surface area contributed by atoms with E-state index < -0.39 is 10.0 Å². The van der Waals surface area contributed by atoms with Crippen molar-refractivity contribution < 1.29 is 8.42 Å². The Morgan fingerprint density at radius 2 is 2.00 bits per heavy atom. The number of hydrogen-bond acceptors (Lipinski definition) is 4. The van der Waals surface area contributed by atoms with E-state index in [-0.39, 0.29) is 10.5 Å². The smallest absolute Gasteiger partial charge is 0.211 e. The van der Waals surface area contributed by atoms with E-state index in [9.17, 15) is 8.42 Å². The predicted molar refractivity (Wildman–Crippen MR) is 75.0 cm³/mol. The highest BCUT2D eigenvalue weighted by atomic mass is 32.2. The SMILES string of the molecule is CSC1(CNS(=O)(=O)CCCNC(C)C)CC1. The fourth-order valence-corrected chi connectivity index (χ4v) is 3.54. The van der Waals surface area contributed by atoms with Gasteiger partial charge in [-0.25, -0.2) is 13.1 Å². The molecule has 102 valence electrons. The molecule has 4 nitrogen and oxygen atoms in total. The Balaban J connectivity index is 2.17. The molecule has 1 aliphatic carbocycles. The van der Waals surface area contributed by atoms with E-state index in [0.29, 0.717) is 19.0 Å². The molecule has 0 amide bonds. The summed E-state index contributed by atoms with van der Waals surface area (Å²) in [6.45, 7) is 5.46. The standard InChI is InChI=1S/C11H24N2O2S2/c1-10(2)12-7-4-8-17(14,15)13-9-11(16-3)5-6-11/h10,12-13H,4-9H2,1-3H3. The third-order valence-electron chi connectivity index (χ3n) is 3.00. The van der Waals surface area contributed by atoms with Crippen molar-refractivity contribution in [1.29, 1.82) is 0 Å². The molecular formula is C11H24N2O2S2. The first-order valence-electron chi connectivity index (χ1n) is 6.15. The van der Waals surface area contributed by atoms with Gasteiger partial charge in [0.15, 0.2) is 0 Å². The highest BCUT2D eigenvalue weighted by Gasteiger charge is 2.42. The molecule has 0 unspecified atom stereocenters. The summed E-state index contributed by atoms with van der Waals surface area (Å²) in [5, 5.41) is 3.22. The topological polar surface area (TPSA) is 58.2 Å². The Labute approximate surface area is 109 Å². The van der Waals surface area contributed by atoms with E-state index in [0.717, 1.165) is 19.4 Å². The molecule has 0 aliphatic heterocycles. The minimum atomic E-state index is -3.09. The second-order valence-corrected chi connectivity index (χ2v) is 8.19. The second kappa shape index (κ2) is 6.41. The maximum absolute atomic E-state index is 11.7. The Kier molecular flexibility index (Phi) is 5.76. The molecule has 0 bridgehead atoms.